The van der Waals surface area contributed by atoms with Crippen molar-refractivity contribution in [3.63, 3.8) is 0 Å². The maximum Gasteiger partial charge on any atom is 0.411 e. The molecule has 1 aliphatic carbocycles. The van der Waals surface area contributed by atoms with Gasteiger partial charge in [0.05, 0.1) is 17.3 Å². The van der Waals surface area contributed by atoms with Crippen LogP contribution in [0.2, 0.25) is 0 Å². The first-order valence-corrected chi connectivity index (χ1v) is 15.0. The molecule has 10 nitrogen and oxygen atoms in total. The number of hydrogen-bond donors (Lipinski definition) is 1. The van der Waals surface area contributed by atoms with Gasteiger partial charge < -0.3 is 10.1 Å². The Balaban J connectivity index is 1.34. The highest BCUT2D eigenvalue weighted by Crippen LogP contribution is 2.38. The summed E-state index contributed by atoms with van der Waals surface area (Å²) in [7, 11) is 0. The third-order valence-electron chi connectivity index (χ3n) is 8.19. The summed E-state index contributed by atoms with van der Waals surface area (Å²) >= 11 is 0. The number of benzene rings is 1. The first kappa shape index (κ1) is 28.9. The predicted octanol–water partition coefficient (Wildman–Crippen LogP) is 6.38. The monoisotopic (exact) mass is 583 g/mol. The van der Waals surface area contributed by atoms with Crippen LogP contribution in [-0.2, 0) is 22.1 Å². The van der Waals surface area contributed by atoms with Crippen LogP contribution in [0.4, 0.5) is 16.4 Å². The number of carbonyl (C=O) groups excluding carboxylic acids is 1. The van der Waals surface area contributed by atoms with Gasteiger partial charge in [0, 0.05) is 35.7 Å². The summed E-state index contributed by atoms with van der Waals surface area (Å²) in [5.41, 5.74) is 4.13. The van der Waals surface area contributed by atoms with Crippen molar-refractivity contribution >= 4 is 28.8 Å². The lowest BCUT2D eigenvalue weighted by atomic mass is 9.83. The lowest BCUT2D eigenvalue weighted by Crippen LogP contribution is -2.51. The number of hydrogen-bond acceptors (Lipinski definition) is 7. The van der Waals surface area contributed by atoms with Crippen LogP contribution < -0.4 is 10.9 Å². The fraction of sp³-hybridized carbons (Fsp3) is 0.485. The Bertz CT molecular complexity index is 1780. The van der Waals surface area contributed by atoms with Gasteiger partial charge in [0.1, 0.15) is 11.0 Å². The molecule has 4 aromatic rings. The summed E-state index contributed by atoms with van der Waals surface area (Å²) in [5.74, 6) is 0.407. The molecular weight excluding hydrogens is 542 g/mol. The molecule has 0 unspecified atom stereocenters. The molecule has 1 N–H and O–H groups in total. The number of nitrogens with one attached hydrogen (secondary N) is 1. The fourth-order valence-corrected chi connectivity index (χ4v) is 5.82. The summed E-state index contributed by atoms with van der Waals surface area (Å²) < 4.78 is 9.44. The quantitative estimate of drug-likeness (QED) is 0.297. The predicted molar refractivity (Wildman–Crippen MR) is 167 cm³/mol. The van der Waals surface area contributed by atoms with Crippen molar-refractivity contribution in [1.82, 2.24) is 29.2 Å². The van der Waals surface area contributed by atoms with Crippen molar-refractivity contribution in [2.75, 3.05) is 11.9 Å². The zero-order valence-electron chi connectivity index (χ0n) is 26.4. The summed E-state index contributed by atoms with van der Waals surface area (Å²) in [6.07, 6.45) is 5.73. The second-order valence-electron chi connectivity index (χ2n) is 14.2. The number of fused-ring (bicyclic) bond motifs is 2. The van der Waals surface area contributed by atoms with Crippen molar-refractivity contribution in [3.8, 4) is 5.69 Å². The number of amides is 1. The van der Waals surface area contributed by atoms with E-state index in [-0.39, 0.29) is 23.1 Å². The number of rotatable bonds is 4. The van der Waals surface area contributed by atoms with Crippen LogP contribution in [0.1, 0.15) is 91.1 Å². The average Bonchev–Trinajstić information content (AvgIpc) is 3.70. The SMILES string of the molecule is CC(C)(C)OC(=O)N1CCc2cc(Nc3ncc4c(=O)n(C5CC5)n(-c5ccnc(C(C)(C)C)c5)c4n3)ccc2C1(C)C. The molecule has 10 heteroatoms. The maximum atomic E-state index is 13.5. The van der Waals surface area contributed by atoms with Crippen LogP contribution in [-0.4, -0.2) is 47.5 Å². The molecule has 43 heavy (non-hydrogen) atoms. The largest absolute Gasteiger partial charge is 0.444 e. The molecular formula is C33H41N7O3. The molecule has 1 amide bonds. The number of aromatic nitrogens is 5. The molecule has 1 aromatic carbocycles. The zero-order chi connectivity index (χ0) is 30.9. The van der Waals surface area contributed by atoms with Crippen molar-refractivity contribution in [2.24, 2.45) is 0 Å². The third kappa shape index (κ3) is 5.39. The highest BCUT2D eigenvalue weighted by atomic mass is 16.6. The second kappa shape index (κ2) is 9.92. The van der Waals surface area contributed by atoms with Crippen LogP contribution in [0.3, 0.4) is 0 Å². The van der Waals surface area contributed by atoms with E-state index >= 15 is 0 Å². The van der Waals surface area contributed by atoms with Crippen molar-refractivity contribution in [1.29, 1.82) is 0 Å². The van der Waals surface area contributed by atoms with Gasteiger partial charge in [-0.25, -0.2) is 19.1 Å². The molecule has 4 heterocycles. The summed E-state index contributed by atoms with van der Waals surface area (Å²) in [4.78, 5) is 42.3. The maximum absolute atomic E-state index is 13.5. The van der Waals surface area contributed by atoms with Crippen LogP contribution in [0, 0.1) is 0 Å². The number of nitrogens with zero attached hydrogens (tertiary/aromatic N) is 6. The van der Waals surface area contributed by atoms with E-state index in [9.17, 15) is 9.59 Å². The van der Waals surface area contributed by atoms with Gasteiger partial charge in [-0.3, -0.25) is 14.7 Å². The summed E-state index contributed by atoms with van der Waals surface area (Å²) in [6, 6.07) is 10.2. The Morgan fingerprint density at radius 2 is 1.79 bits per heavy atom. The highest BCUT2D eigenvalue weighted by Gasteiger charge is 2.39. The van der Waals surface area contributed by atoms with E-state index < -0.39 is 11.1 Å². The van der Waals surface area contributed by atoms with Crippen molar-refractivity contribution in [3.05, 3.63) is 69.9 Å². The lowest BCUT2D eigenvalue weighted by molar-refractivity contribution is -0.000301. The number of carbonyl (C=O) groups is 1. The molecule has 1 fully saturated rings. The van der Waals surface area contributed by atoms with Crippen LogP contribution in [0.25, 0.3) is 16.7 Å². The Labute approximate surface area is 252 Å². The molecule has 0 bridgehead atoms. The fourth-order valence-electron chi connectivity index (χ4n) is 5.82. The minimum atomic E-state index is -0.556. The normalized spacial score (nSPS) is 16.7. The van der Waals surface area contributed by atoms with E-state index in [4.69, 9.17) is 9.72 Å². The summed E-state index contributed by atoms with van der Waals surface area (Å²) in [6.45, 7) is 16.7. The lowest BCUT2D eigenvalue weighted by Gasteiger charge is -2.44. The first-order valence-electron chi connectivity index (χ1n) is 15.0. The molecule has 226 valence electrons. The van der Waals surface area contributed by atoms with Crippen LogP contribution in [0.15, 0.2) is 47.5 Å². The molecule has 0 spiro atoms. The van der Waals surface area contributed by atoms with E-state index in [1.807, 2.05) is 62.2 Å². The van der Waals surface area contributed by atoms with Gasteiger partial charge in [0.15, 0.2) is 5.65 Å². The summed E-state index contributed by atoms with van der Waals surface area (Å²) in [5, 5.41) is 3.85. The van der Waals surface area contributed by atoms with E-state index in [2.05, 4.69) is 48.2 Å². The molecule has 2 aliphatic rings. The molecule has 6 rings (SSSR count). The number of pyridine rings is 1. The first-order chi connectivity index (χ1) is 20.1. The Hall–Kier alpha value is -4.21. The molecule has 0 radical (unpaired) electrons. The molecule has 1 saturated carbocycles. The minimum absolute atomic E-state index is 0.0799. The van der Waals surface area contributed by atoms with E-state index in [1.54, 1.807) is 17.3 Å². The molecule has 3 aromatic heterocycles. The van der Waals surface area contributed by atoms with Gasteiger partial charge in [-0.2, -0.15) is 4.98 Å². The molecule has 1 aliphatic heterocycles. The van der Waals surface area contributed by atoms with Crippen LogP contribution in [0.5, 0.6) is 0 Å². The molecule has 0 saturated heterocycles. The Morgan fingerprint density at radius 1 is 1.05 bits per heavy atom. The molecule has 0 atom stereocenters. The Morgan fingerprint density at radius 3 is 2.47 bits per heavy atom. The van der Waals surface area contributed by atoms with Gasteiger partial charge in [0.2, 0.25) is 5.95 Å². The zero-order valence-corrected chi connectivity index (χ0v) is 26.4. The van der Waals surface area contributed by atoms with Gasteiger partial charge in [-0.15, -0.1) is 0 Å². The average molecular weight is 584 g/mol. The van der Waals surface area contributed by atoms with Gasteiger partial charge in [-0.1, -0.05) is 26.8 Å². The topological polar surface area (TPSA) is 107 Å². The minimum Gasteiger partial charge on any atom is -0.444 e. The van der Waals surface area contributed by atoms with Gasteiger partial charge in [0.25, 0.3) is 5.56 Å². The highest BCUT2D eigenvalue weighted by molar-refractivity contribution is 5.77. The standard InChI is InChI=1S/C33H41N7O3/c1-31(2,3)26-18-23(13-15-34-26)39-27-24(28(41)40(39)22-10-11-22)19-35-29(37-27)36-21-9-12-25-20(17-21)14-16-38(33(25,7)8)30(42)43-32(4,5)6/h9,12-13,15,17-19,22H,10-11,14,16H2,1-8H3,(H,35,36,37). The smallest absolute Gasteiger partial charge is 0.411 e. The van der Waals surface area contributed by atoms with Gasteiger partial charge in [-0.05, 0) is 89.3 Å². The number of anilines is 2. The Kier molecular flexibility index (Phi) is 6.67. The van der Waals surface area contributed by atoms with E-state index in [0.29, 0.717) is 29.9 Å². The van der Waals surface area contributed by atoms with Crippen molar-refractivity contribution < 1.29 is 9.53 Å². The number of ether oxygens (including phenoxy) is 1. The third-order valence-corrected chi connectivity index (χ3v) is 8.19. The second-order valence-corrected chi connectivity index (χ2v) is 14.2. The van der Waals surface area contributed by atoms with E-state index in [1.165, 1.54) is 0 Å². The van der Waals surface area contributed by atoms with Gasteiger partial charge >= 0.3 is 6.09 Å². The van der Waals surface area contributed by atoms with E-state index in [0.717, 1.165) is 41.0 Å². The van der Waals surface area contributed by atoms with Crippen LogP contribution >= 0.6 is 0 Å². The van der Waals surface area contributed by atoms with Crippen molar-refractivity contribution in [2.45, 2.75) is 97.2 Å².